The second kappa shape index (κ2) is 11.3. The van der Waals surface area contributed by atoms with Crippen LogP contribution >= 0.6 is 23.2 Å². The van der Waals surface area contributed by atoms with Crippen molar-refractivity contribution in [1.29, 1.82) is 0 Å². The van der Waals surface area contributed by atoms with E-state index in [2.05, 4.69) is 18.3 Å². The lowest BCUT2D eigenvalue weighted by Gasteiger charge is -2.14. The summed E-state index contributed by atoms with van der Waals surface area (Å²) in [5.41, 5.74) is 2.07. The molecule has 2 rings (SSSR count). The Labute approximate surface area is 166 Å². The normalized spacial score (nSPS) is 10.8. The number of ether oxygens (including phenoxy) is 2. The van der Waals surface area contributed by atoms with E-state index in [-0.39, 0.29) is 0 Å². The molecular weight excluding hydrogens is 369 g/mol. The summed E-state index contributed by atoms with van der Waals surface area (Å²) in [6.45, 7) is 6.99. The maximum absolute atomic E-state index is 6.21. The molecule has 0 fully saturated rings. The molecule has 0 heterocycles. The number of halogens is 2. The summed E-state index contributed by atoms with van der Waals surface area (Å²) in [6, 6.07) is 11.5. The molecule has 2 aromatic rings. The van der Waals surface area contributed by atoms with Crippen LogP contribution in [0.1, 0.15) is 44.2 Å². The van der Waals surface area contributed by atoms with Crippen LogP contribution in [-0.2, 0) is 13.2 Å². The number of hydrogen-bond acceptors (Lipinski definition) is 3. The second-order valence-electron chi connectivity index (χ2n) is 6.12. The molecule has 26 heavy (non-hydrogen) atoms. The van der Waals surface area contributed by atoms with E-state index in [9.17, 15) is 0 Å². The predicted molar refractivity (Wildman–Crippen MR) is 110 cm³/mol. The third-order valence-corrected chi connectivity index (χ3v) is 4.58. The largest absolute Gasteiger partial charge is 0.490 e. The van der Waals surface area contributed by atoms with E-state index in [0.29, 0.717) is 29.0 Å². The highest BCUT2D eigenvalue weighted by molar-refractivity contribution is 6.35. The van der Waals surface area contributed by atoms with Gasteiger partial charge in [0.15, 0.2) is 11.5 Å². The third kappa shape index (κ3) is 6.71. The molecule has 0 spiro atoms. The molecule has 0 saturated carbocycles. The quantitative estimate of drug-likeness (QED) is 0.456. The van der Waals surface area contributed by atoms with Gasteiger partial charge in [0.1, 0.15) is 6.61 Å². The van der Waals surface area contributed by atoms with Crippen molar-refractivity contribution in [1.82, 2.24) is 5.32 Å². The van der Waals surface area contributed by atoms with Gasteiger partial charge in [0.25, 0.3) is 0 Å². The highest BCUT2D eigenvalue weighted by atomic mass is 35.5. The minimum Gasteiger partial charge on any atom is -0.490 e. The summed E-state index contributed by atoms with van der Waals surface area (Å²) < 4.78 is 11.7. The van der Waals surface area contributed by atoms with Gasteiger partial charge in [0.2, 0.25) is 0 Å². The molecule has 3 nitrogen and oxygen atoms in total. The molecule has 0 bridgehead atoms. The minimum atomic E-state index is 0.366. The number of rotatable bonds is 11. The second-order valence-corrected chi connectivity index (χ2v) is 6.97. The van der Waals surface area contributed by atoms with Crippen molar-refractivity contribution in [2.75, 3.05) is 13.2 Å². The molecule has 0 aliphatic heterocycles. The SMILES string of the molecule is CCCCCNCc1ccc(OCc2ccc(Cl)cc2Cl)c(OCC)c1. The lowest BCUT2D eigenvalue weighted by Crippen LogP contribution is -2.14. The Morgan fingerprint density at radius 3 is 2.50 bits per heavy atom. The average Bonchev–Trinajstić information content (AvgIpc) is 2.62. The molecule has 0 aliphatic carbocycles. The maximum atomic E-state index is 6.21. The fourth-order valence-electron chi connectivity index (χ4n) is 2.58. The van der Waals surface area contributed by atoms with Crippen LogP contribution in [0.25, 0.3) is 0 Å². The summed E-state index contributed by atoms with van der Waals surface area (Å²) in [4.78, 5) is 0. The zero-order valence-corrected chi connectivity index (χ0v) is 17.0. The molecule has 0 atom stereocenters. The molecule has 0 radical (unpaired) electrons. The van der Waals surface area contributed by atoms with Gasteiger partial charge in [-0.15, -0.1) is 0 Å². The molecule has 5 heteroatoms. The molecule has 1 N–H and O–H groups in total. The molecule has 0 amide bonds. The van der Waals surface area contributed by atoms with Crippen molar-refractivity contribution in [3.63, 3.8) is 0 Å². The fourth-order valence-corrected chi connectivity index (χ4v) is 3.04. The predicted octanol–water partition coefficient (Wildman–Crippen LogP) is 6.25. The van der Waals surface area contributed by atoms with Crippen molar-refractivity contribution in [3.05, 3.63) is 57.6 Å². The standard InChI is InChI=1S/C21H27Cl2NO2/c1-3-5-6-11-24-14-16-7-10-20(21(12-16)25-4-2)26-15-17-8-9-18(22)13-19(17)23/h7-10,12-13,24H,3-6,11,14-15H2,1-2H3. The molecule has 0 unspecified atom stereocenters. The Balaban J connectivity index is 1.98. The molecule has 0 saturated heterocycles. The summed E-state index contributed by atoms with van der Waals surface area (Å²) in [7, 11) is 0. The van der Waals surface area contributed by atoms with Gasteiger partial charge in [0.05, 0.1) is 6.61 Å². The molecule has 0 aromatic heterocycles. The average molecular weight is 396 g/mol. The molecule has 0 aliphatic rings. The maximum Gasteiger partial charge on any atom is 0.161 e. The Morgan fingerprint density at radius 1 is 0.923 bits per heavy atom. The lowest BCUT2D eigenvalue weighted by atomic mass is 10.2. The van der Waals surface area contributed by atoms with E-state index in [1.165, 1.54) is 24.8 Å². The van der Waals surface area contributed by atoms with Crippen LogP contribution in [0.15, 0.2) is 36.4 Å². The van der Waals surface area contributed by atoms with E-state index < -0.39 is 0 Å². The van der Waals surface area contributed by atoms with Crippen LogP contribution in [-0.4, -0.2) is 13.2 Å². The van der Waals surface area contributed by atoms with Crippen LogP contribution in [0, 0.1) is 0 Å². The monoisotopic (exact) mass is 395 g/mol. The fraction of sp³-hybridized carbons (Fsp3) is 0.429. The van der Waals surface area contributed by atoms with Crippen LogP contribution in [0.4, 0.5) is 0 Å². The summed E-state index contributed by atoms with van der Waals surface area (Å²) in [5.74, 6) is 1.47. The van der Waals surface area contributed by atoms with Gasteiger partial charge in [-0.25, -0.2) is 0 Å². The van der Waals surface area contributed by atoms with Gasteiger partial charge in [-0.3, -0.25) is 0 Å². The third-order valence-electron chi connectivity index (χ3n) is 3.99. The molecule has 2 aromatic carbocycles. The van der Waals surface area contributed by atoms with Gasteiger partial charge in [-0.1, -0.05) is 55.1 Å². The van der Waals surface area contributed by atoms with E-state index in [4.69, 9.17) is 32.7 Å². The Kier molecular flexibility index (Phi) is 9.10. The van der Waals surface area contributed by atoms with Crippen molar-refractivity contribution in [2.45, 2.75) is 46.3 Å². The van der Waals surface area contributed by atoms with Crippen molar-refractivity contribution in [2.24, 2.45) is 0 Å². The van der Waals surface area contributed by atoms with Crippen molar-refractivity contribution >= 4 is 23.2 Å². The minimum absolute atomic E-state index is 0.366. The van der Waals surface area contributed by atoms with E-state index >= 15 is 0 Å². The zero-order chi connectivity index (χ0) is 18.8. The lowest BCUT2D eigenvalue weighted by molar-refractivity contribution is 0.269. The number of nitrogens with one attached hydrogen (secondary N) is 1. The Morgan fingerprint density at radius 2 is 1.77 bits per heavy atom. The highest BCUT2D eigenvalue weighted by Crippen LogP contribution is 2.30. The number of benzene rings is 2. The van der Waals surface area contributed by atoms with Gasteiger partial charge in [0, 0.05) is 22.2 Å². The zero-order valence-electron chi connectivity index (χ0n) is 15.5. The highest BCUT2D eigenvalue weighted by Gasteiger charge is 2.09. The first-order valence-electron chi connectivity index (χ1n) is 9.17. The number of hydrogen-bond donors (Lipinski definition) is 1. The summed E-state index contributed by atoms with van der Waals surface area (Å²) in [5, 5.41) is 4.69. The summed E-state index contributed by atoms with van der Waals surface area (Å²) >= 11 is 12.1. The first-order valence-corrected chi connectivity index (χ1v) is 9.92. The number of unbranched alkanes of at least 4 members (excludes halogenated alkanes) is 2. The van der Waals surface area contributed by atoms with Gasteiger partial charge < -0.3 is 14.8 Å². The van der Waals surface area contributed by atoms with Crippen LogP contribution < -0.4 is 14.8 Å². The topological polar surface area (TPSA) is 30.5 Å². The Bertz CT molecular complexity index is 692. The van der Waals surface area contributed by atoms with Gasteiger partial charge in [-0.05, 0) is 49.7 Å². The van der Waals surface area contributed by atoms with Crippen LogP contribution in [0.2, 0.25) is 10.0 Å². The first kappa shape index (κ1) is 20.9. The van der Waals surface area contributed by atoms with Gasteiger partial charge in [-0.2, -0.15) is 0 Å². The van der Waals surface area contributed by atoms with E-state index in [0.717, 1.165) is 24.4 Å². The smallest absolute Gasteiger partial charge is 0.161 e. The van der Waals surface area contributed by atoms with Crippen LogP contribution in [0.3, 0.4) is 0 Å². The van der Waals surface area contributed by atoms with Crippen LogP contribution in [0.5, 0.6) is 11.5 Å². The molecule has 142 valence electrons. The Hall–Kier alpha value is -1.42. The van der Waals surface area contributed by atoms with E-state index in [1.807, 2.05) is 31.2 Å². The van der Waals surface area contributed by atoms with Crippen molar-refractivity contribution < 1.29 is 9.47 Å². The van der Waals surface area contributed by atoms with Crippen molar-refractivity contribution in [3.8, 4) is 11.5 Å². The summed E-state index contributed by atoms with van der Waals surface area (Å²) in [6.07, 6.45) is 3.70. The first-order chi connectivity index (χ1) is 12.6. The van der Waals surface area contributed by atoms with E-state index in [1.54, 1.807) is 6.07 Å². The molecular formula is C21H27Cl2NO2. The van der Waals surface area contributed by atoms with Gasteiger partial charge >= 0.3 is 0 Å².